The molecule has 2 N–H and O–H groups in total. The van der Waals surface area contributed by atoms with Gasteiger partial charge < -0.3 is 29.4 Å². The van der Waals surface area contributed by atoms with Crippen molar-refractivity contribution in [3.8, 4) is 17.2 Å². The third kappa shape index (κ3) is 5.22. The van der Waals surface area contributed by atoms with Crippen LogP contribution in [0.25, 0.3) is 11.0 Å². The largest absolute Gasteiger partial charge is 0.493 e. The minimum absolute atomic E-state index is 0.237. The van der Waals surface area contributed by atoms with E-state index in [2.05, 4.69) is 15.6 Å². The summed E-state index contributed by atoms with van der Waals surface area (Å²) in [7, 11) is 5.05. The zero-order valence-corrected chi connectivity index (χ0v) is 19.7. The number of nitrogens with one attached hydrogen (secondary N) is 2. The Balaban J connectivity index is 1.60. The molecule has 0 radical (unpaired) electrons. The predicted octanol–water partition coefficient (Wildman–Crippen LogP) is 4.54. The first-order valence-corrected chi connectivity index (χ1v) is 10.8. The van der Waals surface area contributed by atoms with Crippen molar-refractivity contribution in [2.75, 3.05) is 32.7 Å². The number of halogens is 1. The van der Waals surface area contributed by atoms with Crippen LogP contribution in [0, 0.1) is 0 Å². The second-order valence-electron chi connectivity index (χ2n) is 7.35. The van der Waals surface area contributed by atoms with E-state index in [9.17, 15) is 4.79 Å². The molecular weight excluding hydrogens is 458 g/mol. The van der Waals surface area contributed by atoms with Gasteiger partial charge in [0.25, 0.3) is 5.91 Å². The number of carbonyl (C=O) groups excluding carboxylic acids is 1. The lowest BCUT2D eigenvalue weighted by Gasteiger charge is -2.11. The Hall–Kier alpha value is -3.82. The highest BCUT2D eigenvalue weighted by Crippen LogP contribution is 2.36. The maximum atomic E-state index is 12.3. The van der Waals surface area contributed by atoms with E-state index in [0.717, 1.165) is 11.2 Å². The molecule has 0 atom stereocenters. The summed E-state index contributed by atoms with van der Waals surface area (Å²) in [6.45, 7) is 0.802. The molecule has 0 bridgehead atoms. The first-order chi connectivity index (χ1) is 16.5. The van der Waals surface area contributed by atoms with Crippen LogP contribution in [0.4, 0.5) is 11.6 Å². The minimum Gasteiger partial charge on any atom is -0.493 e. The number of benzene rings is 2. The van der Waals surface area contributed by atoms with Crippen molar-refractivity contribution in [3.05, 3.63) is 65.4 Å². The summed E-state index contributed by atoms with van der Waals surface area (Å²) in [6, 6.07) is 14.3. The van der Waals surface area contributed by atoms with Gasteiger partial charge in [-0.3, -0.25) is 9.78 Å². The van der Waals surface area contributed by atoms with Crippen molar-refractivity contribution >= 4 is 40.2 Å². The fraction of sp³-hybridized carbons (Fsp3) is 0.208. The molecule has 2 aromatic carbocycles. The molecule has 1 amide bonds. The third-order valence-electron chi connectivity index (χ3n) is 5.05. The Labute approximate surface area is 201 Å². The van der Waals surface area contributed by atoms with E-state index in [4.69, 9.17) is 30.8 Å². The fourth-order valence-corrected chi connectivity index (χ4v) is 3.42. The quantitative estimate of drug-likeness (QED) is 0.338. The summed E-state index contributed by atoms with van der Waals surface area (Å²) in [5, 5.41) is 6.68. The van der Waals surface area contributed by atoms with Gasteiger partial charge in [0, 0.05) is 55.8 Å². The first kappa shape index (κ1) is 23.3. The molecule has 34 heavy (non-hydrogen) atoms. The van der Waals surface area contributed by atoms with Crippen molar-refractivity contribution in [3.63, 3.8) is 0 Å². The molecule has 10 heteroatoms. The Morgan fingerprint density at radius 1 is 1.09 bits per heavy atom. The van der Waals surface area contributed by atoms with Crippen molar-refractivity contribution in [1.82, 2.24) is 19.9 Å². The molecule has 0 aliphatic carbocycles. The van der Waals surface area contributed by atoms with E-state index in [1.54, 1.807) is 32.4 Å². The number of fused-ring (bicyclic) bond motifs is 1. The van der Waals surface area contributed by atoms with E-state index in [-0.39, 0.29) is 11.6 Å². The van der Waals surface area contributed by atoms with Crippen LogP contribution in [-0.2, 0) is 11.8 Å². The molecule has 4 rings (SSSR count). The number of aromatic nitrogens is 3. The maximum absolute atomic E-state index is 12.3. The summed E-state index contributed by atoms with van der Waals surface area (Å²) in [6.07, 6.45) is 1.51. The highest BCUT2D eigenvalue weighted by atomic mass is 35.5. The zero-order valence-electron chi connectivity index (χ0n) is 19.0. The van der Waals surface area contributed by atoms with Crippen LogP contribution < -0.4 is 20.1 Å². The van der Waals surface area contributed by atoms with Gasteiger partial charge in [-0.1, -0.05) is 11.6 Å². The van der Waals surface area contributed by atoms with Gasteiger partial charge >= 0.3 is 0 Å². The van der Waals surface area contributed by atoms with Crippen molar-refractivity contribution < 1.29 is 19.0 Å². The van der Waals surface area contributed by atoms with Gasteiger partial charge in [-0.25, -0.2) is 4.98 Å². The lowest BCUT2D eigenvalue weighted by Crippen LogP contribution is -2.27. The van der Waals surface area contributed by atoms with E-state index >= 15 is 0 Å². The second kappa shape index (κ2) is 10.4. The Kier molecular flexibility index (Phi) is 7.15. The molecule has 4 aromatic rings. The van der Waals surface area contributed by atoms with Crippen LogP contribution in [0.5, 0.6) is 17.2 Å². The lowest BCUT2D eigenvalue weighted by molar-refractivity contribution is 0.0932. The normalized spacial score (nSPS) is 10.8. The van der Waals surface area contributed by atoms with Gasteiger partial charge in [0.1, 0.15) is 11.4 Å². The van der Waals surface area contributed by atoms with Crippen LogP contribution in [-0.4, -0.2) is 47.8 Å². The number of methoxy groups -OCH3 is 2. The molecule has 0 saturated carbocycles. The van der Waals surface area contributed by atoms with Gasteiger partial charge in [-0.05, 0) is 30.3 Å². The molecule has 0 aliphatic rings. The summed E-state index contributed by atoms with van der Waals surface area (Å²) in [4.78, 5) is 21.1. The molecule has 0 aliphatic heterocycles. The molecule has 9 nitrogen and oxygen atoms in total. The van der Waals surface area contributed by atoms with Crippen molar-refractivity contribution in [2.45, 2.75) is 0 Å². The number of imidazole rings is 1. The number of carbonyl (C=O) groups is 1. The number of amides is 1. The molecule has 2 aromatic heterocycles. The number of aryl methyl sites for hydroxylation is 1. The predicted molar refractivity (Wildman–Crippen MR) is 131 cm³/mol. The number of rotatable bonds is 9. The summed E-state index contributed by atoms with van der Waals surface area (Å²) >= 11 is 5.98. The molecule has 2 heterocycles. The van der Waals surface area contributed by atoms with Crippen LogP contribution in [0.3, 0.4) is 0 Å². The van der Waals surface area contributed by atoms with Crippen LogP contribution in [0.15, 0.2) is 54.7 Å². The summed E-state index contributed by atoms with van der Waals surface area (Å²) in [5.74, 6) is 1.77. The average Bonchev–Trinajstić information content (AvgIpc) is 3.14. The molecule has 176 valence electrons. The van der Waals surface area contributed by atoms with Gasteiger partial charge in [-0.2, -0.15) is 0 Å². The number of pyridine rings is 1. The Bertz CT molecular complexity index is 1310. The Morgan fingerprint density at radius 2 is 1.88 bits per heavy atom. The first-order valence-electron chi connectivity index (χ1n) is 10.5. The smallest absolute Gasteiger partial charge is 0.270 e. The van der Waals surface area contributed by atoms with Gasteiger partial charge in [0.2, 0.25) is 5.95 Å². The number of hydrogen-bond acceptors (Lipinski definition) is 7. The number of anilines is 2. The van der Waals surface area contributed by atoms with E-state index in [1.165, 1.54) is 6.20 Å². The van der Waals surface area contributed by atoms with Gasteiger partial charge in [0.05, 0.1) is 24.8 Å². The minimum atomic E-state index is -0.312. The van der Waals surface area contributed by atoms with Crippen LogP contribution in [0.2, 0.25) is 5.02 Å². The highest BCUT2D eigenvalue weighted by molar-refractivity contribution is 6.30. The third-order valence-corrected chi connectivity index (χ3v) is 5.30. The molecule has 0 fully saturated rings. The number of hydrogen-bond donors (Lipinski definition) is 2. The molecule has 0 saturated heterocycles. The monoisotopic (exact) mass is 481 g/mol. The van der Waals surface area contributed by atoms with E-state index in [0.29, 0.717) is 46.9 Å². The Morgan fingerprint density at radius 3 is 2.62 bits per heavy atom. The SMILES string of the molecule is COCCNC(=O)c1cc(Oc2cc3nc(Nc4ccc(Cl)cc4)n(C)c3cc2OC)ccn1. The fourth-order valence-electron chi connectivity index (χ4n) is 3.30. The molecule has 0 spiro atoms. The summed E-state index contributed by atoms with van der Waals surface area (Å²) in [5.41, 5.74) is 2.66. The van der Waals surface area contributed by atoms with Crippen molar-refractivity contribution in [2.24, 2.45) is 7.05 Å². The number of ether oxygens (including phenoxy) is 3. The lowest BCUT2D eigenvalue weighted by atomic mass is 10.2. The van der Waals surface area contributed by atoms with Crippen molar-refractivity contribution in [1.29, 1.82) is 0 Å². The van der Waals surface area contributed by atoms with E-state index in [1.807, 2.05) is 41.9 Å². The second-order valence-corrected chi connectivity index (χ2v) is 7.78. The maximum Gasteiger partial charge on any atom is 0.270 e. The number of nitrogens with zero attached hydrogens (tertiary/aromatic N) is 3. The average molecular weight is 482 g/mol. The zero-order chi connectivity index (χ0) is 24.1. The van der Waals surface area contributed by atoms with Crippen LogP contribution >= 0.6 is 11.6 Å². The summed E-state index contributed by atoms with van der Waals surface area (Å²) < 4.78 is 18.5. The highest BCUT2D eigenvalue weighted by Gasteiger charge is 2.16. The molecule has 0 unspecified atom stereocenters. The van der Waals surface area contributed by atoms with Crippen LogP contribution in [0.1, 0.15) is 10.5 Å². The topological polar surface area (TPSA) is 99.5 Å². The van der Waals surface area contributed by atoms with Gasteiger partial charge in [0.15, 0.2) is 11.5 Å². The molecular formula is C24H24ClN5O4. The van der Waals surface area contributed by atoms with E-state index < -0.39 is 0 Å². The standard InChI is InChI=1S/C24H24ClN5O4/c1-30-20-14-21(33-3)22(13-18(20)29-24(30)28-16-6-4-15(25)5-7-16)34-17-8-9-26-19(12-17)23(31)27-10-11-32-2/h4-9,12-14H,10-11H2,1-3H3,(H,27,31)(H,28,29). The van der Waals surface area contributed by atoms with Gasteiger partial charge in [-0.15, -0.1) is 0 Å².